The van der Waals surface area contributed by atoms with Crippen molar-refractivity contribution in [2.24, 2.45) is 5.92 Å². The molecular formula is C18H20BrCl. The van der Waals surface area contributed by atoms with Crippen LogP contribution in [0.5, 0.6) is 0 Å². The highest BCUT2D eigenvalue weighted by Crippen LogP contribution is 2.20. The van der Waals surface area contributed by atoms with Gasteiger partial charge in [0.05, 0.1) is 0 Å². The Kier molecular flexibility index (Phi) is 5.68. The van der Waals surface area contributed by atoms with Crippen molar-refractivity contribution < 1.29 is 0 Å². The zero-order valence-electron chi connectivity index (χ0n) is 12.0. The van der Waals surface area contributed by atoms with Gasteiger partial charge in [0, 0.05) is 10.4 Å². The summed E-state index contributed by atoms with van der Waals surface area (Å²) < 4.78 is 0. The number of rotatable bonds is 5. The van der Waals surface area contributed by atoms with Crippen LogP contribution in [0.25, 0.3) is 0 Å². The van der Waals surface area contributed by atoms with Gasteiger partial charge in [-0.1, -0.05) is 69.0 Å². The third-order valence-electron chi connectivity index (χ3n) is 3.46. The summed E-state index contributed by atoms with van der Waals surface area (Å²) in [7, 11) is 0. The molecule has 0 saturated carbocycles. The van der Waals surface area contributed by atoms with Gasteiger partial charge in [-0.3, -0.25) is 0 Å². The van der Waals surface area contributed by atoms with Crippen molar-refractivity contribution in [2.75, 3.05) is 5.33 Å². The van der Waals surface area contributed by atoms with Crippen molar-refractivity contribution in [3.05, 3.63) is 69.7 Å². The van der Waals surface area contributed by atoms with Crippen LogP contribution in [-0.2, 0) is 12.8 Å². The number of hydrogen-bond donors (Lipinski definition) is 0. The summed E-state index contributed by atoms with van der Waals surface area (Å²) in [5.74, 6) is 0.609. The number of benzene rings is 2. The van der Waals surface area contributed by atoms with Crippen LogP contribution in [0.2, 0.25) is 5.02 Å². The van der Waals surface area contributed by atoms with Crippen LogP contribution in [0, 0.1) is 19.8 Å². The molecule has 0 spiro atoms. The van der Waals surface area contributed by atoms with Crippen LogP contribution >= 0.6 is 27.5 Å². The van der Waals surface area contributed by atoms with Crippen molar-refractivity contribution in [1.29, 1.82) is 0 Å². The Morgan fingerprint density at radius 2 is 1.45 bits per heavy atom. The molecule has 0 aliphatic rings. The first-order chi connectivity index (χ1) is 9.56. The second kappa shape index (κ2) is 7.28. The van der Waals surface area contributed by atoms with E-state index in [2.05, 4.69) is 60.1 Å². The van der Waals surface area contributed by atoms with Gasteiger partial charge < -0.3 is 0 Å². The molecule has 2 heteroatoms. The van der Waals surface area contributed by atoms with Gasteiger partial charge in [-0.2, -0.15) is 0 Å². The molecule has 0 bridgehead atoms. The first kappa shape index (κ1) is 15.6. The molecule has 0 fully saturated rings. The highest BCUT2D eigenvalue weighted by atomic mass is 79.9. The molecule has 0 aromatic heterocycles. The Morgan fingerprint density at radius 3 is 2.00 bits per heavy atom. The monoisotopic (exact) mass is 350 g/mol. The molecule has 0 nitrogen and oxygen atoms in total. The van der Waals surface area contributed by atoms with E-state index < -0.39 is 0 Å². The minimum absolute atomic E-state index is 0.609. The SMILES string of the molecule is Cc1cc(C)cc(CC(CBr)Cc2ccc(Cl)cc2)c1. The zero-order valence-corrected chi connectivity index (χ0v) is 14.3. The Bertz CT molecular complexity index is 540. The summed E-state index contributed by atoms with van der Waals surface area (Å²) in [4.78, 5) is 0. The second-order valence-electron chi connectivity index (χ2n) is 5.55. The molecule has 0 heterocycles. The lowest BCUT2D eigenvalue weighted by atomic mass is 9.93. The van der Waals surface area contributed by atoms with Gasteiger partial charge in [-0.15, -0.1) is 0 Å². The van der Waals surface area contributed by atoms with Gasteiger partial charge >= 0.3 is 0 Å². The second-order valence-corrected chi connectivity index (χ2v) is 6.63. The van der Waals surface area contributed by atoms with E-state index in [9.17, 15) is 0 Å². The maximum absolute atomic E-state index is 5.94. The molecule has 1 unspecified atom stereocenters. The van der Waals surface area contributed by atoms with Gasteiger partial charge in [0.2, 0.25) is 0 Å². The average Bonchev–Trinajstić information content (AvgIpc) is 2.39. The smallest absolute Gasteiger partial charge is 0.0406 e. The van der Waals surface area contributed by atoms with Gasteiger partial charge in [0.25, 0.3) is 0 Å². The zero-order chi connectivity index (χ0) is 14.5. The minimum Gasteiger partial charge on any atom is -0.0925 e. The number of halogens is 2. The molecule has 2 aromatic rings. The van der Waals surface area contributed by atoms with Crippen LogP contribution in [0.1, 0.15) is 22.3 Å². The van der Waals surface area contributed by atoms with Crippen molar-refractivity contribution in [2.45, 2.75) is 26.7 Å². The molecule has 0 saturated heterocycles. The summed E-state index contributed by atoms with van der Waals surface area (Å²) in [5.41, 5.74) is 5.48. The molecule has 2 aromatic carbocycles. The molecule has 0 radical (unpaired) electrons. The maximum Gasteiger partial charge on any atom is 0.0406 e. The number of alkyl halides is 1. The van der Waals surface area contributed by atoms with E-state index in [1.807, 2.05) is 12.1 Å². The molecule has 2 rings (SSSR count). The lowest BCUT2D eigenvalue weighted by Gasteiger charge is -2.15. The normalized spacial score (nSPS) is 12.4. The molecule has 0 N–H and O–H groups in total. The highest BCUT2D eigenvalue weighted by Gasteiger charge is 2.10. The Labute approximate surface area is 135 Å². The fourth-order valence-corrected chi connectivity index (χ4v) is 3.24. The van der Waals surface area contributed by atoms with E-state index in [0.717, 1.165) is 23.2 Å². The minimum atomic E-state index is 0.609. The summed E-state index contributed by atoms with van der Waals surface area (Å²) in [6.45, 7) is 4.33. The van der Waals surface area contributed by atoms with Crippen molar-refractivity contribution >= 4 is 27.5 Å². The first-order valence-corrected chi connectivity index (χ1v) is 8.44. The fourth-order valence-electron chi connectivity index (χ4n) is 2.66. The Morgan fingerprint density at radius 1 is 0.900 bits per heavy atom. The van der Waals surface area contributed by atoms with E-state index in [0.29, 0.717) is 5.92 Å². The highest BCUT2D eigenvalue weighted by molar-refractivity contribution is 9.09. The van der Waals surface area contributed by atoms with Gasteiger partial charge in [0.15, 0.2) is 0 Å². The van der Waals surface area contributed by atoms with Crippen LogP contribution in [0.4, 0.5) is 0 Å². The predicted octanol–water partition coefficient (Wildman–Crippen LogP) is 5.75. The van der Waals surface area contributed by atoms with E-state index in [1.54, 1.807) is 0 Å². The third kappa shape index (κ3) is 4.64. The van der Waals surface area contributed by atoms with Crippen molar-refractivity contribution in [3.8, 4) is 0 Å². The topological polar surface area (TPSA) is 0 Å². The molecule has 0 aliphatic heterocycles. The van der Waals surface area contributed by atoms with Gasteiger partial charge in [0.1, 0.15) is 0 Å². The summed E-state index contributed by atoms with van der Waals surface area (Å²) in [6, 6.07) is 15.0. The van der Waals surface area contributed by atoms with E-state index in [-0.39, 0.29) is 0 Å². The molecular weight excluding hydrogens is 332 g/mol. The lowest BCUT2D eigenvalue weighted by molar-refractivity contribution is 0.591. The van der Waals surface area contributed by atoms with E-state index in [4.69, 9.17) is 11.6 Å². The number of aryl methyl sites for hydroxylation is 2. The van der Waals surface area contributed by atoms with Crippen LogP contribution in [0.3, 0.4) is 0 Å². The molecule has 106 valence electrons. The number of hydrogen-bond acceptors (Lipinski definition) is 0. The van der Waals surface area contributed by atoms with Crippen molar-refractivity contribution in [3.63, 3.8) is 0 Å². The molecule has 0 aliphatic carbocycles. The molecule has 20 heavy (non-hydrogen) atoms. The third-order valence-corrected chi connectivity index (χ3v) is 4.63. The fraction of sp³-hybridized carbons (Fsp3) is 0.333. The Hall–Kier alpha value is -0.790. The predicted molar refractivity (Wildman–Crippen MR) is 92.1 cm³/mol. The first-order valence-electron chi connectivity index (χ1n) is 6.94. The molecule has 1 atom stereocenters. The van der Waals surface area contributed by atoms with Crippen LogP contribution in [0.15, 0.2) is 42.5 Å². The van der Waals surface area contributed by atoms with Crippen molar-refractivity contribution in [1.82, 2.24) is 0 Å². The summed E-state index contributed by atoms with van der Waals surface area (Å²) in [5, 5.41) is 1.82. The van der Waals surface area contributed by atoms with Gasteiger partial charge in [-0.25, -0.2) is 0 Å². The molecule has 0 amide bonds. The van der Waals surface area contributed by atoms with E-state index >= 15 is 0 Å². The summed E-state index contributed by atoms with van der Waals surface area (Å²) >= 11 is 9.59. The van der Waals surface area contributed by atoms with Crippen LogP contribution in [-0.4, -0.2) is 5.33 Å². The summed E-state index contributed by atoms with van der Waals surface area (Å²) in [6.07, 6.45) is 2.19. The van der Waals surface area contributed by atoms with Crippen LogP contribution < -0.4 is 0 Å². The quantitative estimate of drug-likeness (QED) is 0.601. The largest absolute Gasteiger partial charge is 0.0925 e. The lowest BCUT2D eigenvalue weighted by Crippen LogP contribution is -2.10. The average molecular weight is 352 g/mol. The Balaban J connectivity index is 2.06. The maximum atomic E-state index is 5.94. The standard InChI is InChI=1S/C18H20BrCl/c1-13-7-14(2)9-16(8-13)11-17(12-19)10-15-3-5-18(20)6-4-15/h3-9,17H,10-12H2,1-2H3. The van der Waals surface area contributed by atoms with Gasteiger partial charge in [-0.05, 0) is 55.9 Å². The van der Waals surface area contributed by atoms with E-state index in [1.165, 1.54) is 22.3 Å².